The number of rotatable bonds is 7. The van der Waals surface area contributed by atoms with Gasteiger partial charge in [-0.1, -0.05) is 24.3 Å². The summed E-state index contributed by atoms with van der Waals surface area (Å²) in [7, 11) is -2.39. The Balaban J connectivity index is 2.05. The molecule has 9 nitrogen and oxygen atoms in total. The van der Waals surface area contributed by atoms with Gasteiger partial charge in [0.1, 0.15) is 0 Å². The van der Waals surface area contributed by atoms with Crippen molar-refractivity contribution >= 4 is 39.2 Å². The summed E-state index contributed by atoms with van der Waals surface area (Å²) in [6, 6.07) is 12.0. The summed E-state index contributed by atoms with van der Waals surface area (Å²) < 4.78 is 34.6. The second-order valence-electron chi connectivity index (χ2n) is 5.58. The molecule has 0 spiro atoms. The van der Waals surface area contributed by atoms with Crippen LogP contribution in [-0.4, -0.2) is 46.2 Å². The number of nitrogens with one attached hydrogen (secondary N) is 2. The number of ether oxygens (including phenoxy) is 2. The highest BCUT2D eigenvalue weighted by Gasteiger charge is 2.18. The highest BCUT2D eigenvalue weighted by Crippen LogP contribution is 2.18. The molecule has 0 radical (unpaired) electrons. The van der Waals surface area contributed by atoms with Crippen molar-refractivity contribution in [3.05, 3.63) is 59.7 Å². The number of methoxy groups -OCH3 is 1. The molecule has 1 amide bonds. The molecule has 0 heterocycles. The Labute approximate surface area is 161 Å². The number of sulfonamides is 1. The Hall–Kier alpha value is -3.40. The molecule has 0 saturated heterocycles. The van der Waals surface area contributed by atoms with Crippen molar-refractivity contribution < 1.29 is 32.3 Å². The van der Waals surface area contributed by atoms with E-state index in [2.05, 4.69) is 14.8 Å². The Morgan fingerprint density at radius 2 is 1.43 bits per heavy atom. The molecule has 148 valence electrons. The average Bonchev–Trinajstić information content (AvgIpc) is 2.65. The van der Waals surface area contributed by atoms with Crippen LogP contribution in [0.4, 0.5) is 11.4 Å². The topological polar surface area (TPSA) is 128 Å². The fraction of sp³-hybridized carbons (Fsp3) is 0.167. The summed E-state index contributed by atoms with van der Waals surface area (Å²) in [5.41, 5.74) is 0.337. The predicted octanol–water partition coefficient (Wildman–Crippen LogP) is 1.64. The lowest BCUT2D eigenvalue weighted by Gasteiger charge is -2.11. The smallest absolute Gasteiger partial charge is 0.340 e. The van der Waals surface area contributed by atoms with E-state index in [1.54, 1.807) is 18.2 Å². The molecule has 2 aromatic carbocycles. The van der Waals surface area contributed by atoms with Crippen LogP contribution in [0, 0.1) is 0 Å². The number of benzene rings is 2. The van der Waals surface area contributed by atoms with Crippen LogP contribution >= 0.6 is 0 Å². The van der Waals surface area contributed by atoms with Crippen molar-refractivity contribution in [3.8, 4) is 0 Å². The summed E-state index contributed by atoms with van der Waals surface area (Å²) in [5.74, 6) is -2.20. The van der Waals surface area contributed by atoms with Crippen LogP contribution in [0.15, 0.2) is 48.5 Å². The Morgan fingerprint density at radius 1 is 0.893 bits per heavy atom. The molecule has 0 unspecified atom stereocenters. The van der Waals surface area contributed by atoms with Gasteiger partial charge in [0.15, 0.2) is 6.61 Å². The van der Waals surface area contributed by atoms with Crippen LogP contribution in [0.5, 0.6) is 0 Å². The van der Waals surface area contributed by atoms with Crippen molar-refractivity contribution in [2.75, 3.05) is 30.0 Å². The molecule has 2 N–H and O–H groups in total. The molecule has 28 heavy (non-hydrogen) atoms. The van der Waals surface area contributed by atoms with Crippen LogP contribution in [0.3, 0.4) is 0 Å². The van der Waals surface area contributed by atoms with Gasteiger partial charge in [-0.15, -0.1) is 0 Å². The fourth-order valence-corrected chi connectivity index (χ4v) is 2.80. The van der Waals surface area contributed by atoms with E-state index >= 15 is 0 Å². The summed E-state index contributed by atoms with van der Waals surface area (Å²) in [6.07, 6.45) is 0.946. The minimum atomic E-state index is -3.60. The van der Waals surface area contributed by atoms with E-state index in [-0.39, 0.29) is 22.5 Å². The van der Waals surface area contributed by atoms with Crippen LogP contribution < -0.4 is 10.0 Å². The lowest BCUT2D eigenvalue weighted by molar-refractivity contribution is -0.119. The van der Waals surface area contributed by atoms with Crippen molar-refractivity contribution in [2.45, 2.75) is 0 Å². The van der Waals surface area contributed by atoms with Gasteiger partial charge < -0.3 is 14.8 Å². The summed E-state index contributed by atoms with van der Waals surface area (Å²) in [5, 5.41) is 2.46. The highest BCUT2D eigenvalue weighted by molar-refractivity contribution is 7.92. The Kier molecular flexibility index (Phi) is 6.72. The van der Waals surface area contributed by atoms with Gasteiger partial charge in [-0.3, -0.25) is 9.52 Å². The molecule has 0 aliphatic carbocycles. The van der Waals surface area contributed by atoms with Crippen LogP contribution in [0.2, 0.25) is 0 Å². The molecule has 0 bridgehead atoms. The van der Waals surface area contributed by atoms with E-state index in [9.17, 15) is 22.8 Å². The number of esters is 2. The average molecular weight is 406 g/mol. The first-order valence-corrected chi connectivity index (χ1v) is 9.81. The van der Waals surface area contributed by atoms with Gasteiger partial charge in [0.25, 0.3) is 5.91 Å². The van der Waals surface area contributed by atoms with Gasteiger partial charge in [0.05, 0.1) is 35.9 Å². The van der Waals surface area contributed by atoms with E-state index in [1.807, 2.05) is 0 Å². The maximum Gasteiger partial charge on any atom is 0.340 e. The Bertz CT molecular complexity index is 1000. The maximum absolute atomic E-state index is 12.2. The van der Waals surface area contributed by atoms with Crippen molar-refractivity contribution in [2.24, 2.45) is 0 Å². The molecule has 10 heteroatoms. The number of carbonyl (C=O) groups excluding carboxylic acids is 3. The third-order valence-corrected chi connectivity index (χ3v) is 3.97. The van der Waals surface area contributed by atoms with E-state index in [1.165, 1.54) is 37.4 Å². The molecule has 0 atom stereocenters. The SMILES string of the molecule is COC(=O)c1ccccc1NC(=O)COC(=O)c1ccccc1NS(C)(=O)=O. The van der Waals surface area contributed by atoms with Crippen molar-refractivity contribution in [1.82, 2.24) is 0 Å². The van der Waals surface area contributed by atoms with Gasteiger partial charge in [-0.05, 0) is 24.3 Å². The highest BCUT2D eigenvalue weighted by atomic mass is 32.2. The number of hydrogen-bond donors (Lipinski definition) is 2. The monoisotopic (exact) mass is 406 g/mol. The lowest BCUT2D eigenvalue weighted by atomic mass is 10.2. The number of carbonyl (C=O) groups is 3. The fourth-order valence-electron chi connectivity index (χ4n) is 2.23. The molecule has 0 aliphatic heterocycles. The number of anilines is 2. The molecule has 0 saturated carbocycles. The van der Waals surface area contributed by atoms with Gasteiger partial charge in [-0.2, -0.15) is 0 Å². The molecule has 0 aromatic heterocycles. The molecular formula is C18H18N2O7S. The first kappa shape index (κ1) is 20.9. The van der Waals surface area contributed by atoms with Gasteiger partial charge in [-0.25, -0.2) is 18.0 Å². The number of hydrogen-bond acceptors (Lipinski definition) is 7. The first-order valence-electron chi connectivity index (χ1n) is 7.92. The maximum atomic E-state index is 12.2. The number of amides is 1. The largest absolute Gasteiger partial charge is 0.465 e. The summed E-state index contributed by atoms with van der Waals surface area (Å²) in [6.45, 7) is -0.637. The zero-order valence-corrected chi connectivity index (χ0v) is 15.9. The molecule has 0 fully saturated rings. The van der Waals surface area contributed by atoms with E-state index in [0.717, 1.165) is 6.26 Å². The minimum absolute atomic E-state index is 0.0337. The van der Waals surface area contributed by atoms with E-state index in [4.69, 9.17) is 4.74 Å². The Morgan fingerprint density at radius 3 is 2.00 bits per heavy atom. The zero-order chi connectivity index (χ0) is 20.7. The van der Waals surface area contributed by atoms with Crippen LogP contribution in [0.25, 0.3) is 0 Å². The third kappa shape index (κ3) is 5.81. The summed E-state index contributed by atoms with van der Waals surface area (Å²) >= 11 is 0. The minimum Gasteiger partial charge on any atom is -0.465 e. The van der Waals surface area contributed by atoms with E-state index < -0.39 is 34.5 Å². The first-order chi connectivity index (χ1) is 13.2. The number of para-hydroxylation sites is 2. The standard InChI is InChI=1S/C18H18N2O7S/c1-26-17(22)12-7-3-5-9-14(12)19-16(21)11-27-18(23)13-8-4-6-10-15(13)20-28(2,24)25/h3-10,20H,11H2,1-2H3,(H,19,21). The van der Waals surface area contributed by atoms with Gasteiger partial charge >= 0.3 is 11.9 Å². The third-order valence-electron chi connectivity index (χ3n) is 3.38. The quantitative estimate of drug-likeness (QED) is 0.669. The van der Waals surface area contributed by atoms with Crippen molar-refractivity contribution in [3.63, 3.8) is 0 Å². The zero-order valence-electron chi connectivity index (χ0n) is 15.1. The normalized spacial score (nSPS) is 10.6. The van der Waals surface area contributed by atoms with Crippen LogP contribution in [-0.2, 0) is 24.3 Å². The predicted molar refractivity (Wildman–Crippen MR) is 102 cm³/mol. The molecular weight excluding hydrogens is 388 g/mol. The molecule has 2 aromatic rings. The second kappa shape index (κ2) is 9.00. The van der Waals surface area contributed by atoms with Crippen LogP contribution in [0.1, 0.15) is 20.7 Å². The summed E-state index contributed by atoms with van der Waals surface area (Å²) in [4.78, 5) is 36.0. The second-order valence-corrected chi connectivity index (χ2v) is 7.33. The van der Waals surface area contributed by atoms with E-state index in [0.29, 0.717) is 0 Å². The lowest BCUT2D eigenvalue weighted by Crippen LogP contribution is -2.23. The molecule has 2 rings (SSSR count). The van der Waals surface area contributed by atoms with Gasteiger partial charge in [0, 0.05) is 0 Å². The van der Waals surface area contributed by atoms with Crippen molar-refractivity contribution in [1.29, 1.82) is 0 Å². The van der Waals surface area contributed by atoms with Gasteiger partial charge in [0.2, 0.25) is 10.0 Å². The molecule has 0 aliphatic rings.